The minimum Gasteiger partial charge on any atom is -0.481 e. The van der Waals surface area contributed by atoms with Crippen LogP contribution in [-0.4, -0.2) is 59.5 Å². The van der Waals surface area contributed by atoms with E-state index in [1.54, 1.807) is 31.1 Å². The Bertz CT molecular complexity index is 763. The van der Waals surface area contributed by atoms with Crippen molar-refractivity contribution in [2.75, 3.05) is 49.3 Å². The highest BCUT2D eigenvalue weighted by molar-refractivity contribution is 7.98. The number of aromatic nitrogens is 4. The molecule has 3 heterocycles. The minimum atomic E-state index is 0.602. The Hall–Kier alpha value is -2.09. The van der Waals surface area contributed by atoms with Crippen molar-refractivity contribution in [1.82, 2.24) is 19.9 Å². The molecule has 0 spiro atoms. The predicted molar refractivity (Wildman–Crippen MR) is 98.8 cm³/mol. The van der Waals surface area contributed by atoms with Gasteiger partial charge in [-0.15, -0.1) is 0 Å². The number of fused-ring (bicyclic) bond motifs is 1. The summed E-state index contributed by atoms with van der Waals surface area (Å²) in [5.74, 6) is 2.47. The second-order valence-electron chi connectivity index (χ2n) is 6.19. The van der Waals surface area contributed by atoms with Crippen LogP contribution < -0.4 is 14.5 Å². The molecule has 0 N–H and O–H groups in total. The quantitative estimate of drug-likeness (QED) is 0.606. The number of aryl methyl sites for hydroxylation is 1. The first-order valence-corrected chi connectivity index (χ1v) is 9.81. The van der Waals surface area contributed by atoms with Crippen LogP contribution in [0.4, 0.5) is 11.8 Å². The highest BCUT2D eigenvalue weighted by atomic mass is 32.2. The number of rotatable bonds is 4. The maximum absolute atomic E-state index is 5.20. The Balaban J connectivity index is 1.51. The zero-order valence-electron chi connectivity index (χ0n) is 14.6. The average molecular weight is 358 g/mol. The van der Waals surface area contributed by atoms with E-state index in [-0.39, 0.29) is 0 Å². The van der Waals surface area contributed by atoms with E-state index < -0.39 is 0 Å². The van der Waals surface area contributed by atoms with Crippen molar-refractivity contribution >= 4 is 23.5 Å². The highest BCUT2D eigenvalue weighted by Gasteiger charge is 2.26. The van der Waals surface area contributed by atoms with Gasteiger partial charge in [0.25, 0.3) is 0 Å². The van der Waals surface area contributed by atoms with E-state index in [0.717, 1.165) is 55.9 Å². The molecule has 1 fully saturated rings. The van der Waals surface area contributed by atoms with Gasteiger partial charge in [-0.25, -0.2) is 15.0 Å². The smallest absolute Gasteiger partial charge is 0.228 e. The van der Waals surface area contributed by atoms with E-state index in [9.17, 15) is 0 Å². The van der Waals surface area contributed by atoms with Gasteiger partial charge in [-0.05, 0) is 25.5 Å². The molecule has 1 aliphatic heterocycles. The molecule has 0 atom stereocenters. The minimum absolute atomic E-state index is 0.602. The molecular formula is C17H22N6OS. The summed E-state index contributed by atoms with van der Waals surface area (Å²) in [7, 11) is 1.63. The summed E-state index contributed by atoms with van der Waals surface area (Å²) in [4.78, 5) is 22.9. The van der Waals surface area contributed by atoms with Crippen molar-refractivity contribution in [3.63, 3.8) is 0 Å². The van der Waals surface area contributed by atoms with Crippen LogP contribution in [0.2, 0.25) is 0 Å². The first-order chi connectivity index (χ1) is 12.3. The molecule has 0 saturated carbocycles. The molecule has 4 rings (SSSR count). The van der Waals surface area contributed by atoms with Gasteiger partial charge in [0.1, 0.15) is 5.82 Å². The van der Waals surface area contributed by atoms with Crippen molar-refractivity contribution in [2.24, 2.45) is 0 Å². The van der Waals surface area contributed by atoms with Crippen molar-refractivity contribution in [1.29, 1.82) is 0 Å². The van der Waals surface area contributed by atoms with E-state index >= 15 is 0 Å². The molecular weight excluding hydrogens is 336 g/mol. The van der Waals surface area contributed by atoms with Crippen LogP contribution in [0.3, 0.4) is 0 Å². The van der Waals surface area contributed by atoms with E-state index in [2.05, 4.69) is 24.8 Å². The average Bonchev–Trinajstić information content (AvgIpc) is 3.16. The Labute approximate surface area is 151 Å². The fourth-order valence-corrected chi connectivity index (χ4v) is 3.84. The van der Waals surface area contributed by atoms with E-state index in [1.165, 1.54) is 17.7 Å². The van der Waals surface area contributed by atoms with Crippen LogP contribution >= 0.6 is 11.8 Å². The fourth-order valence-electron chi connectivity index (χ4n) is 3.46. The van der Waals surface area contributed by atoms with Crippen LogP contribution in [0.15, 0.2) is 17.4 Å². The third kappa shape index (κ3) is 3.22. The lowest BCUT2D eigenvalue weighted by Crippen LogP contribution is -2.47. The number of thioether (sulfide) groups is 1. The Morgan fingerprint density at radius 1 is 1.04 bits per heavy atom. The van der Waals surface area contributed by atoms with Gasteiger partial charge in [0.2, 0.25) is 11.8 Å². The van der Waals surface area contributed by atoms with E-state index in [0.29, 0.717) is 5.88 Å². The molecule has 0 amide bonds. The summed E-state index contributed by atoms with van der Waals surface area (Å²) in [5, 5.41) is 0.884. The molecule has 2 aliphatic rings. The van der Waals surface area contributed by atoms with Gasteiger partial charge in [0.05, 0.1) is 12.8 Å². The third-order valence-electron chi connectivity index (χ3n) is 4.76. The van der Waals surface area contributed by atoms with Crippen LogP contribution in [0, 0.1) is 0 Å². The molecule has 2 aromatic heterocycles. The van der Waals surface area contributed by atoms with Gasteiger partial charge < -0.3 is 14.5 Å². The van der Waals surface area contributed by atoms with Gasteiger partial charge in [0.15, 0.2) is 5.16 Å². The van der Waals surface area contributed by atoms with Crippen molar-refractivity contribution in [3.05, 3.63) is 23.5 Å². The zero-order valence-corrected chi connectivity index (χ0v) is 15.4. The Morgan fingerprint density at radius 3 is 2.60 bits per heavy atom. The number of nitrogens with zero attached hydrogens (tertiary/aromatic N) is 6. The molecule has 0 aromatic carbocycles. The molecule has 0 bridgehead atoms. The molecule has 1 aliphatic carbocycles. The summed E-state index contributed by atoms with van der Waals surface area (Å²) in [6.45, 7) is 3.58. The third-order valence-corrected chi connectivity index (χ3v) is 5.31. The maximum atomic E-state index is 5.20. The standard InChI is InChI=1S/C17H22N6OS/c1-24-14-6-7-18-16(20-14)23-10-8-22(9-11-23)15-12-4-3-5-13(12)19-17(21-15)25-2/h6-7H,3-5,8-11H2,1-2H3. The molecule has 25 heavy (non-hydrogen) atoms. The lowest BCUT2D eigenvalue weighted by molar-refractivity contribution is 0.396. The normalized spacial score (nSPS) is 16.9. The topological polar surface area (TPSA) is 67.3 Å². The second-order valence-corrected chi connectivity index (χ2v) is 6.96. The molecule has 0 unspecified atom stereocenters. The lowest BCUT2D eigenvalue weighted by atomic mass is 10.2. The summed E-state index contributed by atoms with van der Waals surface area (Å²) >= 11 is 1.62. The van der Waals surface area contributed by atoms with Gasteiger partial charge in [0, 0.05) is 44.0 Å². The Morgan fingerprint density at radius 2 is 1.84 bits per heavy atom. The molecule has 1 saturated heterocycles. The van der Waals surface area contributed by atoms with E-state index in [4.69, 9.17) is 9.72 Å². The van der Waals surface area contributed by atoms with E-state index in [1.807, 2.05) is 6.26 Å². The van der Waals surface area contributed by atoms with Gasteiger partial charge >= 0.3 is 0 Å². The number of hydrogen-bond acceptors (Lipinski definition) is 8. The van der Waals surface area contributed by atoms with Crippen LogP contribution in [0.5, 0.6) is 5.88 Å². The summed E-state index contributed by atoms with van der Waals surface area (Å²) in [5.41, 5.74) is 2.59. The van der Waals surface area contributed by atoms with Crippen molar-refractivity contribution < 1.29 is 4.74 Å². The van der Waals surface area contributed by atoms with Crippen LogP contribution in [0.25, 0.3) is 0 Å². The first kappa shape index (κ1) is 16.4. The number of anilines is 2. The zero-order chi connectivity index (χ0) is 17.2. The van der Waals surface area contributed by atoms with Crippen molar-refractivity contribution in [3.8, 4) is 5.88 Å². The monoisotopic (exact) mass is 358 g/mol. The van der Waals surface area contributed by atoms with Gasteiger partial charge in [-0.1, -0.05) is 11.8 Å². The number of methoxy groups -OCH3 is 1. The molecule has 132 valence electrons. The molecule has 0 radical (unpaired) electrons. The largest absolute Gasteiger partial charge is 0.481 e. The summed E-state index contributed by atoms with van der Waals surface area (Å²) in [6.07, 6.45) is 7.15. The fraction of sp³-hybridized carbons (Fsp3) is 0.529. The maximum Gasteiger partial charge on any atom is 0.228 e. The van der Waals surface area contributed by atoms with Gasteiger partial charge in [-0.2, -0.15) is 4.98 Å². The van der Waals surface area contributed by atoms with Crippen LogP contribution in [0.1, 0.15) is 17.7 Å². The van der Waals surface area contributed by atoms with Crippen molar-refractivity contribution in [2.45, 2.75) is 24.4 Å². The second kappa shape index (κ2) is 7.03. The number of ether oxygens (including phenoxy) is 1. The number of piperazine rings is 1. The number of hydrogen-bond donors (Lipinski definition) is 0. The van der Waals surface area contributed by atoms with Gasteiger partial charge in [-0.3, -0.25) is 0 Å². The Kier molecular flexibility index (Phi) is 4.61. The molecule has 8 heteroatoms. The lowest BCUT2D eigenvalue weighted by Gasteiger charge is -2.36. The first-order valence-electron chi connectivity index (χ1n) is 8.59. The molecule has 2 aromatic rings. The molecule has 7 nitrogen and oxygen atoms in total. The highest BCUT2D eigenvalue weighted by Crippen LogP contribution is 2.31. The SMILES string of the molecule is COc1ccnc(N2CCN(c3nc(SC)nc4c3CCC4)CC2)n1. The predicted octanol–water partition coefficient (Wildman–Crippen LogP) is 1.81. The summed E-state index contributed by atoms with van der Waals surface area (Å²) < 4.78 is 5.20. The van der Waals surface area contributed by atoms with Crippen LogP contribution in [-0.2, 0) is 12.8 Å². The summed E-state index contributed by atoms with van der Waals surface area (Å²) in [6, 6.07) is 1.77.